The molecule has 0 aromatic carbocycles. The summed E-state index contributed by atoms with van der Waals surface area (Å²) in [6.45, 7) is 0. The summed E-state index contributed by atoms with van der Waals surface area (Å²) in [5.41, 5.74) is -2.34. The first kappa shape index (κ1) is 12.7. The number of halogens is 3. The lowest BCUT2D eigenvalue weighted by molar-refractivity contribution is -0.386. The molecule has 0 saturated carbocycles. The molecule has 0 unspecified atom stereocenters. The standard InChI is InChI=1S/C6H3ClF2N2O4S/c7-16(14,15)6-4(5(8)9)3(11(12)13)1-2-10-6/h1-2,5H. The first-order valence-electron chi connectivity index (χ1n) is 3.61. The lowest BCUT2D eigenvalue weighted by atomic mass is 10.2. The lowest BCUT2D eigenvalue weighted by Gasteiger charge is -2.04. The molecule has 6 nitrogen and oxygen atoms in total. The summed E-state index contributed by atoms with van der Waals surface area (Å²) in [6.07, 6.45) is -2.64. The minimum atomic E-state index is -4.56. The van der Waals surface area contributed by atoms with Crippen LogP contribution in [0.2, 0.25) is 0 Å². The van der Waals surface area contributed by atoms with E-state index in [0.29, 0.717) is 6.07 Å². The summed E-state index contributed by atoms with van der Waals surface area (Å²) in [4.78, 5) is 12.4. The number of rotatable bonds is 3. The minimum Gasteiger partial charge on any atom is -0.258 e. The van der Waals surface area contributed by atoms with Gasteiger partial charge >= 0.3 is 0 Å². The normalized spacial score (nSPS) is 11.8. The van der Waals surface area contributed by atoms with E-state index in [1.165, 1.54) is 0 Å². The van der Waals surface area contributed by atoms with Crippen LogP contribution in [0.15, 0.2) is 17.3 Å². The number of aromatic nitrogens is 1. The van der Waals surface area contributed by atoms with Crippen molar-refractivity contribution >= 4 is 25.4 Å². The molecule has 1 aromatic rings. The molecule has 1 aromatic heterocycles. The van der Waals surface area contributed by atoms with Crippen molar-refractivity contribution in [3.63, 3.8) is 0 Å². The second-order valence-corrected chi connectivity index (χ2v) is 5.03. The van der Waals surface area contributed by atoms with Gasteiger partial charge < -0.3 is 0 Å². The van der Waals surface area contributed by atoms with Gasteiger partial charge in [-0.1, -0.05) is 0 Å². The number of nitrogens with zero attached hydrogens (tertiary/aromatic N) is 2. The zero-order valence-corrected chi connectivity index (χ0v) is 8.87. The Morgan fingerprint density at radius 1 is 1.50 bits per heavy atom. The quantitative estimate of drug-likeness (QED) is 0.476. The maximum absolute atomic E-state index is 12.5. The van der Waals surface area contributed by atoms with E-state index in [4.69, 9.17) is 10.7 Å². The van der Waals surface area contributed by atoms with E-state index in [2.05, 4.69) is 4.98 Å². The summed E-state index contributed by atoms with van der Waals surface area (Å²) in [5.74, 6) is 0. The topological polar surface area (TPSA) is 90.2 Å². The van der Waals surface area contributed by atoms with Crippen molar-refractivity contribution in [1.82, 2.24) is 4.98 Å². The highest BCUT2D eigenvalue weighted by Crippen LogP contribution is 2.34. The molecule has 0 radical (unpaired) electrons. The predicted molar refractivity (Wildman–Crippen MR) is 48.9 cm³/mol. The average molecular weight is 273 g/mol. The molecule has 0 spiro atoms. The van der Waals surface area contributed by atoms with Crippen LogP contribution in [0.4, 0.5) is 14.5 Å². The smallest absolute Gasteiger partial charge is 0.258 e. The zero-order chi connectivity index (χ0) is 12.5. The SMILES string of the molecule is O=[N+]([O-])c1ccnc(S(=O)(=O)Cl)c1C(F)F. The number of nitro groups is 1. The second-order valence-electron chi connectivity index (χ2n) is 2.54. The number of hydrogen-bond acceptors (Lipinski definition) is 5. The van der Waals surface area contributed by atoms with Gasteiger partial charge in [0.15, 0.2) is 5.03 Å². The van der Waals surface area contributed by atoms with Gasteiger partial charge in [0.25, 0.3) is 21.2 Å². The van der Waals surface area contributed by atoms with Crippen LogP contribution in [0, 0.1) is 10.1 Å². The van der Waals surface area contributed by atoms with Crippen molar-refractivity contribution in [2.75, 3.05) is 0 Å². The van der Waals surface area contributed by atoms with Gasteiger partial charge in [-0.25, -0.2) is 22.2 Å². The maximum Gasteiger partial charge on any atom is 0.282 e. The van der Waals surface area contributed by atoms with Crippen LogP contribution < -0.4 is 0 Å². The van der Waals surface area contributed by atoms with Crippen LogP contribution in [-0.4, -0.2) is 18.3 Å². The van der Waals surface area contributed by atoms with Crippen molar-refractivity contribution in [3.8, 4) is 0 Å². The summed E-state index contributed by atoms with van der Waals surface area (Å²) >= 11 is 0. The van der Waals surface area contributed by atoms with Crippen LogP contribution in [0.5, 0.6) is 0 Å². The van der Waals surface area contributed by atoms with Crippen LogP contribution in [0.3, 0.4) is 0 Å². The maximum atomic E-state index is 12.5. The molecule has 0 amide bonds. The molecular formula is C6H3ClF2N2O4S. The van der Waals surface area contributed by atoms with Crippen molar-refractivity contribution < 1.29 is 22.1 Å². The van der Waals surface area contributed by atoms with Gasteiger partial charge in [-0.3, -0.25) is 10.1 Å². The Bertz CT molecular complexity index is 533. The highest BCUT2D eigenvalue weighted by molar-refractivity contribution is 8.13. The molecule has 88 valence electrons. The van der Waals surface area contributed by atoms with E-state index in [0.717, 1.165) is 6.20 Å². The Kier molecular flexibility index (Phi) is 3.38. The van der Waals surface area contributed by atoms with Crippen molar-refractivity contribution in [2.45, 2.75) is 11.5 Å². The fourth-order valence-corrected chi connectivity index (χ4v) is 2.02. The lowest BCUT2D eigenvalue weighted by Crippen LogP contribution is -2.05. The third-order valence-electron chi connectivity index (χ3n) is 1.58. The van der Waals surface area contributed by atoms with E-state index < -0.39 is 36.7 Å². The fourth-order valence-electron chi connectivity index (χ4n) is 1.00. The third-order valence-corrected chi connectivity index (χ3v) is 2.80. The number of alkyl halides is 2. The molecule has 0 bridgehead atoms. The van der Waals surface area contributed by atoms with Crippen LogP contribution >= 0.6 is 10.7 Å². The van der Waals surface area contributed by atoms with Gasteiger partial charge in [0.2, 0.25) is 0 Å². The second kappa shape index (κ2) is 4.26. The molecule has 0 aliphatic carbocycles. The summed E-state index contributed by atoms with van der Waals surface area (Å²) in [6, 6.07) is 0.674. The highest BCUT2D eigenvalue weighted by atomic mass is 35.7. The number of hydrogen-bond donors (Lipinski definition) is 0. The van der Waals surface area contributed by atoms with Gasteiger partial charge in [-0.05, 0) is 0 Å². The molecule has 0 saturated heterocycles. The Morgan fingerprint density at radius 2 is 2.06 bits per heavy atom. The van der Waals surface area contributed by atoms with Gasteiger partial charge in [-0.2, -0.15) is 0 Å². The Labute approximate surface area is 92.4 Å². The van der Waals surface area contributed by atoms with Crippen molar-refractivity contribution in [3.05, 3.63) is 27.9 Å². The first-order valence-corrected chi connectivity index (χ1v) is 5.92. The molecule has 0 fully saturated rings. The Morgan fingerprint density at radius 3 is 2.44 bits per heavy atom. The monoisotopic (exact) mass is 272 g/mol. The summed E-state index contributed by atoms with van der Waals surface area (Å²) in [7, 11) is 0.280. The molecule has 1 heterocycles. The van der Waals surface area contributed by atoms with E-state index in [1.54, 1.807) is 0 Å². The largest absolute Gasteiger partial charge is 0.282 e. The molecular weight excluding hydrogens is 270 g/mol. The molecule has 0 atom stereocenters. The minimum absolute atomic E-state index is 0.674. The summed E-state index contributed by atoms with van der Waals surface area (Å²) in [5, 5.41) is 9.22. The Hall–Kier alpha value is -1.35. The van der Waals surface area contributed by atoms with Crippen LogP contribution in [-0.2, 0) is 9.05 Å². The highest BCUT2D eigenvalue weighted by Gasteiger charge is 2.31. The van der Waals surface area contributed by atoms with Crippen molar-refractivity contribution in [1.29, 1.82) is 0 Å². The fraction of sp³-hybridized carbons (Fsp3) is 0.167. The molecule has 0 aliphatic rings. The zero-order valence-electron chi connectivity index (χ0n) is 7.30. The van der Waals surface area contributed by atoms with Gasteiger partial charge in [0.1, 0.15) is 5.56 Å². The predicted octanol–water partition coefficient (Wildman–Crippen LogP) is 1.85. The van der Waals surface area contributed by atoms with E-state index in [9.17, 15) is 27.3 Å². The third kappa shape index (κ3) is 2.42. The van der Waals surface area contributed by atoms with Gasteiger partial charge in [0, 0.05) is 22.9 Å². The van der Waals surface area contributed by atoms with E-state index in [1.807, 2.05) is 0 Å². The molecule has 16 heavy (non-hydrogen) atoms. The first-order chi connectivity index (χ1) is 7.25. The Balaban J connectivity index is 3.65. The molecule has 1 rings (SSSR count). The summed E-state index contributed by atoms with van der Waals surface area (Å²) < 4.78 is 46.8. The van der Waals surface area contributed by atoms with Crippen LogP contribution in [0.1, 0.15) is 12.0 Å². The average Bonchev–Trinajstić information content (AvgIpc) is 2.14. The van der Waals surface area contributed by atoms with Gasteiger partial charge in [-0.15, -0.1) is 0 Å². The molecule has 10 heteroatoms. The van der Waals surface area contributed by atoms with Crippen LogP contribution in [0.25, 0.3) is 0 Å². The number of pyridine rings is 1. The van der Waals surface area contributed by atoms with Crippen molar-refractivity contribution in [2.24, 2.45) is 0 Å². The van der Waals surface area contributed by atoms with E-state index >= 15 is 0 Å². The molecule has 0 aliphatic heterocycles. The van der Waals surface area contributed by atoms with Gasteiger partial charge in [0.05, 0.1) is 4.92 Å². The van der Waals surface area contributed by atoms with E-state index in [-0.39, 0.29) is 0 Å². The molecule has 0 N–H and O–H groups in total.